The van der Waals surface area contributed by atoms with Gasteiger partial charge in [-0.05, 0) is 60.7 Å². The van der Waals surface area contributed by atoms with Gasteiger partial charge in [0, 0.05) is 23.0 Å². The molecule has 6 rings (SSSR count). The number of nitrogens with zero attached hydrogens (tertiary/aromatic N) is 5. The van der Waals surface area contributed by atoms with Gasteiger partial charge in [0.1, 0.15) is 5.69 Å². The molecule has 6 heteroatoms. The maximum absolute atomic E-state index is 5.90. The van der Waals surface area contributed by atoms with E-state index >= 15 is 0 Å². The van der Waals surface area contributed by atoms with Crippen molar-refractivity contribution >= 4 is 11.0 Å². The van der Waals surface area contributed by atoms with Crippen LogP contribution in [0.4, 0.5) is 0 Å². The summed E-state index contributed by atoms with van der Waals surface area (Å²) in [5, 5.41) is 8.41. The van der Waals surface area contributed by atoms with E-state index in [1.54, 1.807) is 6.20 Å². The highest BCUT2D eigenvalue weighted by Crippen LogP contribution is 2.29. The monoisotopic (exact) mass is 415 g/mol. The zero-order chi connectivity index (χ0) is 21.3. The van der Waals surface area contributed by atoms with Gasteiger partial charge in [0.15, 0.2) is 5.82 Å². The minimum atomic E-state index is 0.482. The van der Waals surface area contributed by atoms with Crippen LogP contribution in [0.25, 0.3) is 51.1 Å². The first-order valence-corrected chi connectivity index (χ1v) is 10.3. The maximum Gasteiger partial charge on any atom is 0.248 e. The number of benzene rings is 3. The van der Waals surface area contributed by atoms with Crippen LogP contribution in [0, 0.1) is 0 Å². The molecule has 0 saturated heterocycles. The Morgan fingerprint density at radius 3 is 2.06 bits per heavy atom. The third-order valence-corrected chi connectivity index (χ3v) is 5.27. The first-order chi connectivity index (χ1) is 15.9. The van der Waals surface area contributed by atoms with Gasteiger partial charge in [0.05, 0.1) is 11.0 Å². The molecule has 152 valence electrons. The van der Waals surface area contributed by atoms with Gasteiger partial charge in [-0.2, -0.15) is 0 Å². The number of para-hydroxylation sites is 2. The van der Waals surface area contributed by atoms with E-state index in [1.165, 1.54) is 0 Å². The Hall–Kier alpha value is -4.58. The molecule has 32 heavy (non-hydrogen) atoms. The third-order valence-electron chi connectivity index (χ3n) is 5.27. The van der Waals surface area contributed by atoms with E-state index in [4.69, 9.17) is 9.40 Å². The van der Waals surface area contributed by atoms with Gasteiger partial charge in [-0.3, -0.25) is 9.55 Å². The fourth-order valence-electron chi connectivity index (χ4n) is 3.74. The van der Waals surface area contributed by atoms with Crippen LogP contribution in [0.2, 0.25) is 0 Å². The summed E-state index contributed by atoms with van der Waals surface area (Å²) < 4.78 is 8.01. The largest absolute Gasteiger partial charge is 0.416 e. The molecule has 3 aromatic carbocycles. The Balaban J connectivity index is 1.42. The van der Waals surface area contributed by atoms with Gasteiger partial charge in [0.25, 0.3) is 0 Å². The SMILES string of the molecule is c1ccc(-c2nnc(-c3ccc(-n4c(-c5ccccn5)nc5ccccc54)cc3)o2)cc1. The lowest BCUT2D eigenvalue weighted by atomic mass is 10.2. The molecule has 0 aliphatic carbocycles. The fraction of sp³-hybridized carbons (Fsp3) is 0. The summed E-state index contributed by atoms with van der Waals surface area (Å²) in [6.45, 7) is 0. The van der Waals surface area contributed by atoms with Crippen molar-refractivity contribution in [3.63, 3.8) is 0 Å². The van der Waals surface area contributed by atoms with Crippen molar-refractivity contribution in [1.29, 1.82) is 0 Å². The van der Waals surface area contributed by atoms with E-state index in [1.807, 2.05) is 91.0 Å². The van der Waals surface area contributed by atoms with E-state index < -0.39 is 0 Å². The van der Waals surface area contributed by atoms with Crippen molar-refractivity contribution in [2.75, 3.05) is 0 Å². The Kier molecular flexibility index (Phi) is 4.32. The molecule has 3 heterocycles. The van der Waals surface area contributed by atoms with Crippen LogP contribution in [-0.2, 0) is 0 Å². The quantitative estimate of drug-likeness (QED) is 0.364. The molecule has 0 radical (unpaired) electrons. The number of hydrogen-bond acceptors (Lipinski definition) is 5. The molecular weight excluding hydrogens is 398 g/mol. The predicted octanol–water partition coefficient (Wildman–Crippen LogP) is 5.80. The van der Waals surface area contributed by atoms with Gasteiger partial charge >= 0.3 is 0 Å². The van der Waals surface area contributed by atoms with E-state index in [0.29, 0.717) is 11.8 Å². The molecule has 0 spiro atoms. The van der Waals surface area contributed by atoms with Crippen molar-refractivity contribution in [3.05, 3.63) is 103 Å². The highest BCUT2D eigenvalue weighted by Gasteiger charge is 2.16. The lowest BCUT2D eigenvalue weighted by Gasteiger charge is -2.09. The minimum Gasteiger partial charge on any atom is -0.416 e. The number of aromatic nitrogens is 5. The molecule has 0 aliphatic heterocycles. The van der Waals surface area contributed by atoms with Crippen molar-refractivity contribution in [2.45, 2.75) is 0 Å². The van der Waals surface area contributed by atoms with Crippen LogP contribution in [0.3, 0.4) is 0 Å². The summed E-state index contributed by atoms with van der Waals surface area (Å²) in [6, 6.07) is 31.7. The van der Waals surface area contributed by atoms with Crippen molar-refractivity contribution in [1.82, 2.24) is 24.7 Å². The molecule has 0 saturated carbocycles. The number of fused-ring (bicyclic) bond motifs is 1. The second-order valence-corrected chi connectivity index (χ2v) is 7.30. The topological polar surface area (TPSA) is 69.6 Å². The lowest BCUT2D eigenvalue weighted by Crippen LogP contribution is -1.98. The Morgan fingerprint density at radius 1 is 0.625 bits per heavy atom. The molecule has 6 aromatic rings. The molecular formula is C26H17N5O. The van der Waals surface area contributed by atoms with Crippen LogP contribution in [0.1, 0.15) is 0 Å². The smallest absolute Gasteiger partial charge is 0.248 e. The summed E-state index contributed by atoms with van der Waals surface area (Å²) in [5.41, 5.74) is 5.48. The molecule has 0 aliphatic rings. The van der Waals surface area contributed by atoms with E-state index in [9.17, 15) is 0 Å². The number of rotatable bonds is 4. The molecule has 3 aromatic heterocycles. The third kappa shape index (κ3) is 3.15. The molecule has 0 bridgehead atoms. The van der Waals surface area contributed by atoms with Crippen molar-refractivity contribution in [2.24, 2.45) is 0 Å². The second kappa shape index (κ2) is 7.59. The zero-order valence-electron chi connectivity index (χ0n) is 17.0. The highest BCUT2D eigenvalue weighted by molar-refractivity contribution is 5.82. The van der Waals surface area contributed by atoms with Crippen LogP contribution in [0.5, 0.6) is 0 Å². The first kappa shape index (κ1) is 18.2. The van der Waals surface area contributed by atoms with E-state index in [0.717, 1.165) is 39.4 Å². The molecule has 0 N–H and O–H groups in total. The Morgan fingerprint density at radius 2 is 1.31 bits per heavy atom. The van der Waals surface area contributed by atoms with Gasteiger partial charge in [-0.1, -0.05) is 36.4 Å². The Labute approximate surface area is 183 Å². The molecule has 0 amide bonds. The van der Waals surface area contributed by atoms with E-state index in [-0.39, 0.29) is 0 Å². The zero-order valence-corrected chi connectivity index (χ0v) is 17.0. The summed E-state index contributed by atoms with van der Waals surface area (Å²) in [6.07, 6.45) is 1.78. The maximum atomic E-state index is 5.90. The van der Waals surface area contributed by atoms with E-state index in [2.05, 4.69) is 25.8 Å². The van der Waals surface area contributed by atoms with Gasteiger partial charge in [-0.15, -0.1) is 10.2 Å². The van der Waals surface area contributed by atoms with Crippen molar-refractivity contribution < 1.29 is 4.42 Å². The minimum absolute atomic E-state index is 0.482. The normalized spacial score (nSPS) is 11.1. The molecule has 0 atom stereocenters. The van der Waals surface area contributed by atoms with Crippen LogP contribution in [-0.4, -0.2) is 24.7 Å². The Bertz CT molecular complexity index is 1500. The van der Waals surface area contributed by atoms with Gasteiger partial charge in [0.2, 0.25) is 11.8 Å². The first-order valence-electron chi connectivity index (χ1n) is 10.3. The summed E-state index contributed by atoms with van der Waals surface area (Å²) >= 11 is 0. The predicted molar refractivity (Wildman–Crippen MR) is 123 cm³/mol. The van der Waals surface area contributed by atoms with Crippen molar-refractivity contribution in [3.8, 4) is 40.1 Å². The van der Waals surface area contributed by atoms with Crippen LogP contribution < -0.4 is 0 Å². The summed E-state index contributed by atoms with van der Waals surface area (Å²) in [5.74, 6) is 1.78. The number of pyridine rings is 1. The summed E-state index contributed by atoms with van der Waals surface area (Å²) in [4.78, 5) is 9.35. The molecule has 6 nitrogen and oxygen atoms in total. The van der Waals surface area contributed by atoms with Crippen LogP contribution >= 0.6 is 0 Å². The van der Waals surface area contributed by atoms with Gasteiger partial charge in [-0.25, -0.2) is 4.98 Å². The van der Waals surface area contributed by atoms with Crippen LogP contribution in [0.15, 0.2) is 108 Å². The average Bonchev–Trinajstić information content (AvgIpc) is 3.51. The lowest BCUT2D eigenvalue weighted by molar-refractivity contribution is 0.584. The van der Waals surface area contributed by atoms with Gasteiger partial charge < -0.3 is 4.42 Å². The standard InChI is InChI=1S/C26H17N5O/c1-2-8-18(9-3-1)25-29-30-26(32-25)19-13-15-20(16-14-19)31-23-12-5-4-10-21(23)28-24(31)22-11-6-7-17-27-22/h1-17H. The molecule has 0 fully saturated rings. The average molecular weight is 415 g/mol. The number of hydrogen-bond donors (Lipinski definition) is 0. The highest BCUT2D eigenvalue weighted by atomic mass is 16.4. The fourth-order valence-corrected chi connectivity index (χ4v) is 3.74. The molecule has 0 unspecified atom stereocenters. The second-order valence-electron chi connectivity index (χ2n) is 7.30. The number of imidazole rings is 1. The summed E-state index contributed by atoms with van der Waals surface area (Å²) in [7, 11) is 0.